The first kappa shape index (κ1) is 16.0. The minimum absolute atomic E-state index is 1.04. The lowest BCUT2D eigenvalue weighted by atomic mass is 9.95. The van der Waals surface area contributed by atoms with Gasteiger partial charge in [-0.1, -0.05) is 60.7 Å². The van der Waals surface area contributed by atoms with Gasteiger partial charge < -0.3 is 4.90 Å². The molecule has 0 aliphatic carbocycles. The van der Waals surface area contributed by atoms with Gasteiger partial charge >= 0.3 is 0 Å². The minimum atomic E-state index is 1.04. The zero-order valence-corrected chi connectivity index (χ0v) is 14.2. The summed E-state index contributed by atoms with van der Waals surface area (Å²) in [5.74, 6) is 0. The highest BCUT2D eigenvalue weighted by Crippen LogP contribution is 2.28. The molecular weight excluding hydrogens is 280 g/mol. The Morgan fingerprint density at radius 1 is 0.913 bits per heavy atom. The number of hydrogen-bond acceptors (Lipinski definition) is 2. The van der Waals surface area contributed by atoms with Gasteiger partial charge in [0.15, 0.2) is 0 Å². The van der Waals surface area contributed by atoms with Crippen LogP contribution < -0.4 is 0 Å². The van der Waals surface area contributed by atoms with Crippen LogP contribution in [0.3, 0.4) is 0 Å². The second kappa shape index (κ2) is 7.58. The van der Waals surface area contributed by atoms with E-state index >= 15 is 0 Å². The number of piperazine rings is 1. The summed E-state index contributed by atoms with van der Waals surface area (Å²) in [4.78, 5) is 4.94. The van der Waals surface area contributed by atoms with Crippen molar-refractivity contribution in [1.29, 1.82) is 0 Å². The molecule has 0 N–H and O–H groups in total. The van der Waals surface area contributed by atoms with Crippen LogP contribution in [-0.4, -0.2) is 49.6 Å². The second-order valence-electron chi connectivity index (χ2n) is 6.40. The summed E-state index contributed by atoms with van der Waals surface area (Å²) in [5.41, 5.74) is 5.31. The van der Waals surface area contributed by atoms with Gasteiger partial charge in [0, 0.05) is 32.7 Å². The Morgan fingerprint density at radius 3 is 2.30 bits per heavy atom. The Bertz CT molecular complexity index is 653. The number of likely N-dealkylation sites (N-methyl/N-ethyl adjacent to an activating group) is 1. The van der Waals surface area contributed by atoms with Crippen molar-refractivity contribution in [1.82, 2.24) is 9.80 Å². The van der Waals surface area contributed by atoms with E-state index in [1.807, 2.05) is 0 Å². The Morgan fingerprint density at radius 2 is 1.57 bits per heavy atom. The first-order valence-electron chi connectivity index (χ1n) is 8.46. The molecule has 23 heavy (non-hydrogen) atoms. The third-order valence-electron chi connectivity index (χ3n) is 4.69. The average Bonchev–Trinajstić information content (AvgIpc) is 2.62. The normalized spacial score (nSPS) is 17.4. The predicted octanol–water partition coefficient (Wildman–Crippen LogP) is 4.00. The lowest BCUT2D eigenvalue weighted by molar-refractivity contribution is 0.166. The molecule has 0 saturated carbocycles. The molecule has 1 saturated heterocycles. The van der Waals surface area contributed by atoms with Crippen LogP contribution in [0.15, 0.2) is 60.7 Å². The number of benzene rings is 2. The van der Waals surface area contributed by atoms with E-state index in [0.29, 0.717) is 0 Å². The molecule has 0 unspecified atom stereocenters. The fraction of sp³-hybridized carbons (Fsp3) is 0.333. The van der Waals surface area contributed by atoms with Crippen molar-refractivity contribution in [2.24, 2.45) is 0 Å². The third-order valence-corrected chi connectivity index (χ3v) is 4.69. The summed E-state index contributed by atoms with van der Waals surface area (Å²) >= 11 is 0. The van der Waals surface area contributed by atoms with E-state index in [9.17, 15) is 0 Å². The molecule has 2 heteroatoms. The van der Waals surface area contributed by atoms with Crippen LogP contribution in [0, 0.1) is 0 Å². The Kier molecular flexibility index (Phi) is 5.27. The summed E-state index contributed by atoms with van der Waals surface area (Å²) in [6.45, 7) is 7.96. The first-order chi connectivity index (χ1) is 11.2. The summed E-state index contributed by atoms with van der Waals surface area (Å²) in [5, 5.41) is 0. The Labute approximate surface area is 140 Å². The SMILES string of the molecule is CC(=CCN1CCN(C)CC1)c1ccccc1-c1ccccc1. The molecule has 0 spiro atoms. The first-order valence-corrected chi connectivity index (χ1v) is 8.46. The molecule has 1 heterocycles. The van der Waals surface area contributed by atoms with Crippen molar-refractivity contribution in [3.63, 3.8) is 0 Å². The second-order valence-corrected chi connectivity index (χ2v) is 6.40. The van der Waals surface area contributed by atoms with E-state index in [4.69, 9.17) is 0 Å². The molecule has 0 bridgehead atoms. The van der Waals surface area contributed by atoms with Crippen LogP contribution >= 0.6 is 0 Å². The number of nitrogens with zero attached hydrogens (tertiary/aromatic N) is 2. The molecule has 0 atom stereocenters. The molecule has 0 aromatic heterocycles. The van der Waals surface area contributed by atoms with Gasteiger partial charge in [-0.15, -0.1) is 0 Å². The van der Waals surface area contributed by atoms with Crippen molar-refractivity contribution in [2.45, 2.75) is 6.92 Å². The van der Waals surface area contributed by atoms with E-state index in [1.54, 1.807) is 0 Å². The molecule has 2 aromatic carbocycles. The van der Waals surface area contributed by atoms with Crippen LogP contribution in [0.5, 0.6) is 0 Å². The van der Waals surface area contributed by atoms with Crippen LogP contribution in [0.1, 0.15) is 12.5 Å². The largest absolute Gasteiger partial charge is 0.304 e. The molecule has 2 nitrogen and oxygen atoms in total. The highest BCUT2D eigenvalue weighted by atomic mass is 15.2. The minimum Gasteiger partial charge on any atom is -0.304 e. The maximum absolute atomic E-state index is 2.54. The predicted molar refractivity (Wildman–Crippen MR) is 99.5 cm³/mol. The highest BCUT2D eigenvalue weighted by molar-refractivity contribution is 5.80. The molecule has 3 rings (SSSR count). The molecule has 0 amide bonds. The molecule has 0 radical (unpaired) electrons. The molecule has 1 aliphatic heterocycles. The fourth-order valence-electron chi connectivity index (χ4n) is 3.10. The zero-order chi connectivity index (χ0) is 16.1. The molecule has 120 valence electrons. The maximum Gasteiger partial charge on any atom is 0.0170 e. The van der Waals surface area contributed by atoms with Crippen molar-refractivity contribution in [3.05, 3.63) is 66.2 Å². The standard InChI is InChI=1S/C21H26N2/c1-18(12-13-23-16-14-22(2)15-17-23)20-10-6-7-11-21(20)19-8-4-3-5-9-19/h3-12H,13-17H2,1-2H3. The van der Waals surface area contributed by atoms with E-state index in [1.165, 1.54) is 48.4 Å². The number of allylic oxidation sites excluding steroid dienone is 1. The Balaban J connectivity index is 1.77. The fourth-order valence-corrected chi connectivity index (χ4v) is 3.10. The monoisotopic (exact) mass is 306 g/mol. The smallest absolute Gasteiger partial charge is 0.0170 e. The zero-order valence-electron chi connectivity index (χ0n) is 14.2. The van der Waals surface area contributed by atoms with Gasteiger partial charge in [0.05, 0.1) is 0 Å². The van der Waals surface area contributed by atoms with Gasteiger partial charge in [-0.25, -0.2) is 0 Å². The molecule has 1 aliphatic rings. The van der Waals surface area contributed by atoms with Crippen LogP contribution in [-0.2, 0) is 0 Å². The van der Waals surface area contributed by atoms with Crippen molar-refractivity contribution >= 4 is 5.57 Å². The molecular formula is C21H26N2. The van der Waals surface area contributed by atoms with E-state index in [-0.39, 0.29) is 0 Å². The van der Waals surface area contributed by atoms with Crippen molar-refractivity contribution in [3.8, 4) is 11.1 Å². The maximum atomic E-state index is 2.54. The van der Waals surface area contributed by atoms with Crippen LogP contribution in [0.4, 0.5) is 0 Å². The molecule has 1 fully saturated rings. The lowest BCUT2D eigenvalue weighted by Crippen LogP contribution is -2.44. The average molecular weight is 306 g/mol. The summed E-state index contributed by atoms with van der Waals surface area (Å²) in [6, 6.07) is 19.4. The Hall–Kier alpha value is -1.90. The van der Waals surface area contributed by atoms with Crippen LogP contribution in [0.2, 0.25) is 0 Å². The van der Waals surface area contributed by atoms with Gasteiger partial charge in [-0.2, -0.15) is 0 Å². The van der Waals surface area contributed by atoms with E-state index < -0.39 is 0 Å². The number of hydrogen-bond donors (Lipinski definition) is 0. The van der Waals surface area contributed by atoms with Gasteiger partial charge in [0.25, 0.3) is 0 Å². The topological polar surface area (TPSA) is 6.48 Å². The van der Waals surface area contributed by atoms with E-state index in [0.717, 1.165) is 6.54 Å². The van der Waals surface area contributed by atoms with Crippen molar-refractivity contribution in [2.75, 3.05) is 39.8 Å². The summed E-state index contributed by atoms with van der Waals surface area (Å²) < 4.78 is 0. The van der Waals surface area contributed by atoms with Gasteiger partial charge in [0.1, 0.15) is 0 Å². The number of rotatable bonds is 4. The summed E-state index contributed by atoms with van der Waals surface area (Å²) in [7, 11) is 2.20. The quantitative estimate of drug-likeness (QED) is 0.842. The van der Waals surface area contributed by atoms with Gasteiger partial charge in [0.2, 0.25) is 0 Å². The van der Waals surface area contributed by atoms with Gasteiger partial charge in [-0.05, 0) is 36.2 Å². The lowest BCUT2D eigenvalue weighted by Gasteiger charge is -2.31. The third kappa shape index (κ3) is 4.10. The van der Waals surface area contributed by atoms with E-state index in [2.05, 4.69) is 84.4 Å². The van der Waals surface area contributed by atoms with Crippen molar-refractivity contribution < 1.29 is 0 Å². The molecule has 2 aromatic rings. The van der Waals surface area contributed by atoms with Crippen LogP contribution in [0.25, 0.3) is 16.7 Å². The summed E-state index contributed by atoms with van der Waals surface area (Å²) in [6.07, 6.45) is 2.38. The highest BCUT2D eigenvalue weighted by Gasteiger charge is 2.12. The van der Waals surface area contributed by atoms with Gasteiger partial charge in [-0.3, -0.25) is 4.90 Å².